The molecule has 6 nitrogen and oxygen atoms in total. The number of hydrogen-bond acceptors (Lipinski definition) is 4. The van der Waals surface area contributed by atoms with Crippen LogP contribution in [-0.4, -0.2) is 10.8 Å². The van der Waals surface area contributed by atoms with Crippen molar-refractivity contribution < 1.29 is 14.1 Å². The van der Waals surface area contributed by atoms with E-state index in [1.807, 2.05) is 13.0 Å². The number of nitro groups is 1. The molecule has 1 N–H and O–H groups in total. The highest BCUT2D eigenvalue weighted by atomic mass is 19.1. The SMILES string of the molecule is CCCC(C#N)C(=O)Nc1ccc(F)cc1[N+](=O)[O-]. The fourth-order valence-electron chi connectivity index (χ4n) is 1.52. The van der Waals surface area contributed by atoms with Gasteiger partial charge in [-0.25, -0.2) is 4.39 Å². The molecule has 0 fully saturated rings. The number of benzene rings is 1. The van der Waals surface area contributed by atoms with Crippen molar-refractivity contribution in [1.29, 1.82) is 5.26 Å². The van der Waals surface area contributed by atoms with Gasteiger partial charge in [0, 0.05) is 0 Å². The van der Waals surface area contributed by atoms with Gasteiger partial charge >= 0.3 is 0 Å². The summed E-state index contributed by atoms with van der Waals surface area (Å²) >= 11 is 0. The predicted molar refractivity (Wildman–Crippen MR) is 65.7 cm³/mol. The van der Waals surface area contributed by atoms with E-state index in [0.717, 1.165) is 18.2 Å². The number of anilines is 1. The maximum Gasteiger partial charge on any atom is 0.295 e. The molecule has 0 heterocycles. The molecule has 19 heavy (non-hydrogen) atoms. The standard InChI is InChI=1S/C12H12FN3O3/c1-2-3-8(7-14)12(17)15-10-5-4-9(13)6-11(10)16(18)19/h4-6,8H,2-3H2,1H3,(H,15,17). The zero-order chi connectivity index (χ0) is 14.4. The highest BCUT2D eigenvalue weighted by Crippen LogP contribution is 2.25. The van der Waals surface area contributed by atoms with Crippen LogP contribution in [0, 0.1) is 33.2 Å². The molecule has 0 aliphatic rings. The Bertz CT molecular complexity index is 540. The molecule has 1 unspecified atom stereocenters. The van der Waals surface area contributed by atoms with Crippen LogP contribution < -0.4 is 5.32 Å². The summed E-state index contributed by atoms with van der Waals surface area (Å²) in [5, 5.41) is 21.9. The summed E-state index contributed by atoms with van der Waals surface area (Å²) in [4.78, 5) is 21.7. The average molecular weight is 265 g/mol. The van der Waals surface area contributed by atoms with E-state index in [0.29, 0.717) is 12.8 Å². The third kappa shape index (κ3) is 3.74. The molecule has 1 aromatic rings. The largest absolute Gasteiger partial charge is 0.319 e. The van der Waals surface area contributed by atoms with Crippen molar-refractivity contribution in [3.8, 4) is 6.07 Å². The van der Waals surface area contributed by atoms with Gasteiger partial charge in [-0.15, -0.1) is 0 Å². The minimum Gasteiger partial charge on any atom is -0.319 e. The van der Waals surface area contributed by atoms with Gasteiger partial charge in [0.1, 0.15) is 17.4 Å². The van der Waals surface area contributed by atoms with Crippen molar-refractivity contribution in [3.05, 3.63) is 34.1 Å². The van der Waals surface area contributed by atoms with E-state index in [1.54, 1.807) is 0 Å². The summed E-state index contributed by atoms with van der Waals surface area (Å²) in [6.07, 6.45) is 0.995. The van der Waals surface area contributed by atoms with Crippen LogP contribution in [0.1, 0.15) is 19.8 Å². The number of amides is 1. The number of nitrogens with zero attached hydrogens (tertiary/aromatic N) is 2. The van der Waals surface area contributed by atoms with E-state index in [9.17, 15) is 19.3 Å². The Morgan fingerprint density at radius 1 is 1.63 bits per heavy atom. The summed E-state index contributed by atoms with van der Waals surface area (Å²) in [6.45, 7) is 1.82. The van der Waals surface area contributed by atoms with Gasteiger partial charge < -0.3 is 5.32 Å². The zero-order valence-corrected chi connectivity index (χ0v) is 10.2. The summed E-state index contributed by atoms with van der Waals surface area (Å²) in [7, 11) is 0. The number of nitriles is 1. The van der Waals surface area contributed by atoms with Crippen molar-refractivity contribution in [1.82, 2.24) is 0 Å². The molecule has 0 bridgehead atoms. The predicted octanol–water partition coefficient (Wildman–Crippen LogP) is 2.61. The molecule has 1 atom stereocenters. The second-order valence-corrected chi connectivity index (χ2v) is 3.88. The van der Waals surface area contributed by atoms with E-state index < -0.39 is 28.3 Å². The molecular weight excluding hydrogens is 253 g/mol. The normalized spacial score (nSPS) is 11.4. The van der Waals surface area contributed by atoms with Crippen LogP contribution >= 0.6 is 0 Å². The Morgan fingerprint density at radius 3 is 2.84 bits per heavy atom. The van der Waals surface area contributed by atoms with E-state index in [2.05, 4.69) is 5.32 Å². The van der Waals surface area contributed by atoms with E-state index in [-0.39, 0.29) is 5.69 Å². The Morgan fingerprint density at radius 2 is 2.32 bits per heavy atom. The number of hydrogen-bond donors (Lipinski definition) is 1. The van der Waals surface area contributed by atoms with Crippen molar-refractivity contribution in [2.75, 3.05) is 5.32 Å². The first-order valence-corrected chi connectivity index (χ1v) is 5.64. The highest BCUT2D eigenvalue weighted by Gasteiger charge is 2.21. The lowest BCUT2D eigenvalue weighted by atomic mass is 10.0. The van der Waals surface area contributed by atoms with Crippen LogP contribution in [0.5, 0.6) is 0 Å². The summed E-state index contributed by atoms with van der Waals surface area (Å²) in [5.41, 5.74) is -0.658. The molecule has 0 aliphatic carbocycles. The first-order chi connectivity index (χ1) is 8.99. The second-order valence-electron chi connectivity index (χ2n) is 3.88. The lowest BCUT2D eigenvalue weighted by molar-refractivity contribution is -0.384. The lowest BCUT2D eigenvalue weighted by Crippen LogP contribution is -2.22. The number of nitrogens with one attached hydrogen (secondary N) is 1. The molecular formula is C12H12FN3O3. The van der Waals surface area contributed by atoms with Crippen LogP contribution in [0.4, 0.5) is 15.8 Å². The van der Waals surface area contributed by atoms with E-state index in [1.165, 1.54) is 0 Å². The smallest absolute Gasteiger partial charge is 0.295 e. The molecule has 1 amide bonds. The molecule has 1 rings (SSSR count). The van der Waals surface area contributed by atoms with Crippen LogP contribution in [0.2, 0.25) is 0 Å². The Kier molecular flexibility index (Phi) is 4.94. The van der Waals surface area contributed by atoms with Gasteiger partial charge in [-0.2, -0.15) is 5.26 Å². The summed E-state index contributed by atoms with van der Waals surface area (Å²) < 4.78 is 12.9. The van der Waals surface area contributed by atoms with Crippen LogP contribution in [0.3, 0.4) is 0 Å². The number of carbonyl (C=O) groups excluding carboxylic acids is 1. The topological polar surface area (TPSA) is 96.0 Å². The van der Waals surface area contributed by atoms with Crippen LogP contribution in [-0.2, 0) is 4.79 Å². The lowest BCUT2D eigenvalue weighted by Gasteiger charge is -2.09. The van der Waals surface area contributed by atoms with E-state index in [4.69, 9.17) is 5.26 Å². The number of halogens is 1. The van der Waals surface area contributed by atoms with Gasteiger partial charge in [0.2, 0.25) is 5.91 Å². The van der Waals surface area contributed by atoms with Crippen molar-refractivity contribution >= 4 is 17.3 Å². The fraction of sp³-hybridized carbons (Fsp3) is 0.333. The Hall–Kier alpha value is -2.49. The monoisotopic (exact) mass is 265 g/mol. The van der Waals surface area contributed by atoms with Gasteiger partial charge in [-0.1, -0.05) is 13.3 Å². The molecule has 0 radical (unpaired) electrons. The Labute approximate surface area is 109 Å². The fourth-order valence-corrected chi connectivity index (χ4v) is 1.52. The maximum atomic E-state index is 12.9. The van der Waals surface area contributed by atoms with E-state index >= 15 is 0 Å². The van der Waals surface area contributed by atoms with Crippen molar-refractivity contribution in [2.24, 2.45) is 5.92 Å². The molecule has 0 saturated heterocycles. The molecule has 0 aliphatic heterocycles. The number of carbonyl (C=O) groups is 1. The third-order valence-electron chi connectivity index (χ3n) is 2.46. The number of rotatable bonds is 5. The van der Waals surface area contributed by atoms with Gasteiger partial charge in [-0.3, -0.25) is 14.9 Å². The van der Waals surface area contributed by atoms with Crippen molar-refractivity contribution in [2.45, 2.75) is 19.8 Å². The molecule has 0 aromatic heterocycles. The molecule has 0 saturated carbocycles. The molecule has 100 valence electrons. The van der Waals surface area contributed by atoms with Gasteiger partial charge in [0.25, 0.3) is 5.69 Å². The molecule has 0 spiro atoms. The number of nitro benzene ring substituents is 1. The quantitative estimate of drug-likeness (QED) is 0.653. The third-order valence-corrected chi connectivity index (χ3v) is 2.46. The van der Waals surface area contributed by atoms with Gasteiger partial charge in [-0.05, 0) is 18.6 Å². The second kappa shape index (κ2) is 6.44. The first kappa shape index (κ1) is 14.6. The molecule has 7 heteroatoms. The minimum absolute atomic E-state index is 0.118. The Balaban J connectivity index is 2.97. The van der Waals surface area contributed by atoms with Crippen molar-refractivity contribution in [3.63, 3.8) is 0 Å². The minimum atomic E-state index is -0.880. The highest BCUT2D eigenvalue weighted by molar-refractivity contribution is 5.96. The average Bonchev–Trinajstić information content (AvgIpc) is 2.37. The molecule has 1 aromatic carbocycles. The maximum absolute atomic E-state index is 12.9. The summed E-state index contributed by atoms with van der Waals surface area (Å²) in [5.74, 6) is -2.27. The van der Waals surface area contributed by atoms with Crippen LogP contribution in [0.15, 0.2) is 18.2 Å². The summed E-state index contributed by atoms with van der Waals surface area (Å²) in [6, 6.07) is 4.65. The van der Waals surface area contributed by atoms with Gasteiger partial charge in [0.05, 0.1) is 17.1 Å². The zero-order valence-electron chi connectivity index (χ0n) is 10.2. The van der Waals surface area contributed by atoms with Crippen LogP contribution in [0.25, 0.3) is 0 Å². The first-order valence-electron chi connectivity index (χ1n) is 5.64. The van der Waals surface area contributed by atoms with Gasteiger partial charge in [0.15, 0.2) is 0 Å².